The number of hydrogen-bond acceptors (Lipinski definition) is 5. The van der Waals surface area contributed by atoms with Crippen LogP contribution < -0.4 is 15.4 Å². The zero-order chi connectivity index (χ0) is 20.7. The SMILES string of the molecule is Cc1ccc2c(c1)C(=O)N(CCC(=O)Nc1ccc3c(c1)NC(=O)C(C)O3)C2=O. The van der Waals surface area contributed by atoms with Crippen LogP contribution in [0.4, 0.5) is 11.4 Å². The Kier molecular flexibility index (Phi) is 4.54. The second-order valence-electron chi connectivity index (χ2n) is 7.07. The molecule has 8 nitrogen and oxygen atoms in total. The molecule has 0 aliphatic carbocycles. The average Bonchev–Trinajstić information content (AvgIpc) is 2.91. The predicted molar refractivity (Wildman–Crippen MR) is 105 cm³/mol. The number of aryl methyl sites for hydroxylation is 1. The second kappa shape index (κ2) is 7.05. The number of benzene rings is 2. The standard InChI is InChI=1S/C21H19N3O5/c1-11-3-5-14-15(9-11)21(28)24(20(14)27)8-7-18(25)22-13-4-6-17-16(10-13)23-19(26)12(2)29-17/h3-6,9-10,12H,7-8H2,1-2H3,(H,22,25)(H,23,26). The first-order valence-corrected chi connectivity index (χ1v) is 9.22. The number of fused-ring (bicyclic) bond motifs is 2. The molecule has 1 unspecified atom stereocenters. The molecule has 2 aromatic rings. The summed E-state index contributed by atoms with van der Waals surface area (Å²) in [7, 11) is 0. The Bertz CT molecular complexity index is 1060. The summed E-state index contributed by atoms with van der Waals surface area (Å²) < 4.78 is 5.48. The molecular formula is C21H19N3O5. The Morgan fingerprint density at radius 3 is 2.66 bits per heavy atom. The highest BCUT2D eigenvalue weighted by molar-refractivity contribution is 6.21. The molecule has 2 aromatic carbocycles. The summed E-state index contributed by atoms with van der Waals surface area (Å²) in [5.41, 5.74) is 2.57. The molecule has 2 heterocycles. The van der Waals surface area contributed by atoms with Gasteiger partial charge in [0.15, 0.2) is 6.10 Å². The summed E-state index contributed by atoms with van der Waals surface area (Å²) in [5, 5.41) is 5.42. The average molecular weight is 393 g/mol. The van der Waals surface area contributed by atoms with Gasteiger partial charge < -0.3 is 15.4 Å². The van der Waals surface area contributed by atoms with Crippen LogP contribution in [0.5, 0.6) is 5.75 Å². The van der Waals surface area contributed by atoms with Crippen molar-refractivity contribution < 1.29 is 23.9 Å². The van der Waals surface area contributed by atoms with Crippen LogP contribution in [-0.2, 0) is 9.59 Å². The van der Waals surface area contributed by atoms with Crippen LogP contribution in [0.2, 0.25) is 0 Å². The van der Waals surface area contributed by atoms with Gasteiger partial charge in [0.05, 0.1) is 16.8 Å². The molecule has 1 atom stereocenters. The van der Waals surface area contributed by atoms with Crippen molar-refractivity contribution in [1.29, 1.82) is 0 Å². The lowest BCUT2D eigenvalue weighted by Crippen LogP contribution is -2.34. The molecule has 0 saturated carbocycles. The number of rotatable bonds is 4. The van der Waals surface area contributed by atoms with E-state index < -0.39 is 6.10 Å². The van der Waals surface area contributed by atoms with Crippen LogP contribution in [0.25, 0.3) is 0 Å². The predicted octanol–water partition coefficient (Wildman–Crippen LogP) is 2.34. The quantitative estimate of drug-likeness (QED) is 0.776. The molecule has 148 valence electrons. The molecule has 0 bridgehead atoms. The van der Waals surface area contributed by atoms with Crippen molar-refractivity contribution in [2.24, 2.45) is 0 Å². The number of hydrogen-bond donors (Lipinski definition) is 2. The highest BCUT2D eigenvalue weighted by atomic mass is 16.5. The number of carbonyl (C=O) groups is 4. The fourth-order valence-corrected chi connectivity index (χ4v) is 3.33. The van der Waals surface area contributed by atoms with E-state index in [2.05, 4.69) is 10.6 Å². The Morgan fingerprint density at radius 1 is 1.10 bits per heavy atom. The normalized spacial score (nSPS) is 17.4. The maximum Gasteiger partial charge on any atom is 0.265 e. The van der Waals surface area contributed by atoms with Gasteiger partial charge in [0.1, 0.15) is 5.75 Å². The van der Waals surface area contributed by atoms with E-state index >= 15 is 0 Å². The van der Waals surface area contributed by atoms with Crippen LogP contribution in [0.3, 0.4) is 0 Å². The highest BCUT2D eigenvalue weighted by Gasteiger charge is 2.35. The number of amides is 4. The van der Waals surface area contributed by atoms with Crippen molar-refractivity contribution in [3.8, 4) is 5.75 Å². The Hall–Kier alpha value is -3.68. The van der Waals surface area contributed by atoms with Gasteiger partial charge in [-0.2, -0.15) is 0 Å². The topological polar surface area (TPSA) is 105 Å². The van der Waals surface area contributed by atoms with E-state index in [-0.39, 0.29) is 36.6 Å². The Labute approximate surface area is 166 Å². The summed E-state index contributed by atoms with van der Waals surface area (Å²) in [6.07, 6.45) is -0.618. The van der Waals surface area contributed by atoms with Crippen LogP contribution in [-0.4, -0.2) is 41.2 Å². The minimum absolute atomic E-state index is 0.0144. The minimum Gasteiger partial charge on any atom is -0.479 e. The molecule has 4 rings (SSSR count). The molecule has 2 aliphatic rings. The van der Waals surface area contributed by atoms with Crippen molar-refractivity contribution in [3.63, 3.8) is 0 Å². The van der Waals surface area contributed by atoms with E-state index in [1.54, 1.807) is 43.3 Å². The van der Waals surface area contributed by atoms with Crippen LogP contribution in [0, 0.1) is 6.92 Å². The largest absolute Gasteiger partial charge is 0.479 e. The molecule has 0 radical (unpaired) electrons. The van der Waals surface area contributed by atoms with E-state index in [9.17, 15) is 19.2 Å². The van der Waals surface area contributed by atoms with Gasteiger partial charge in [-0.05, 0) is 44.2 Å². The zero-order valence-electron chi connectivity index (χ0n) is 15.9. The van der Waals surface area contributed by atoms with Gasteiger partial charge in [-0.1, -0.05) is 11.6 Å². The molecule has 2 N–H and O–H groups in total. The van der Waals surface area contributed by atoms with Crippen molar-refractivity contribution in [2.45, 2.75) is 26.4 Å². The summed E-state index contributed by atoms with van der Waals surface area (Å²) in [6.45, 7) is 3.48. The summed E-state index contributed by atoms with van der Waals surface area (Å²) in [6, 6.07) is 10.0. The fraction of sp³-hybridized carbons (Fsp3) is 0.238. The number of nitrogens with one attached hydrogen (secondary N) is 2. The highest BCUT2D eigenvalue weighted by Crippen LogP contribution is 2.32. The fourth-order valence-electron chi connectivity index (χ4n) is 3.33. The Balaban J connectivity index is 1.39. The summed E-state index contributed by atoms with van der Waals surface area (Å²) >= 11 is 0. The van der Waals surface area contributed by atoms with E-state index in [1.165, 1.54) is 0 Å². The second-order valence-corrected chi connectivity index (χ2v) is 7.07. The minimum atomic E-state index is -0.577. The lowest BCUT2D eigenvalue weighted by atomic mass is 10.1. The number of ether oxygens (including phenoxy) is 1. The number of nitrogens with zero attached hydrogens (tertiary/aromatic N) is 1. The smallest absolute Gasteiger partial charge is 0.265 e. The van der Waals surface area contributed by atoms with Gasteiger partial charge in [-0.15, -0.1) is 0 Å². The molecule has 29 heavy (non-hydrogen) atoms. The molecule has 0 saturated heterocycles. The molecule has 0 spiro atoms. The summed E-state index contributed by atoms with van der Waals surface area (Å²) in [4.78, 5) is 50.0. The first-order chi connectivity index (χ1) is 13.8. The summed E-state index contributed by atoms with van der Waals surface area (Å²) in [5.74, 6) is -0.864. The van der Waals surface area contributed by atoms with Crippen molar-refractivity contribution in [3.05, 3.63) is 53.1 Å². The van der Waals surface area contributed by atoms with Gasteiger partial charge >= 0.3 is 0 Å². The van der Waals surface area contributed by atoms with Gasteiger partial charge in [0, 0.05) is 18.7 Å². The molecule has 0 fully saturated rings. The maximum atomic E-state index is 12.5. The first-order valence-electron chi connectivity index (χ1n) is 9.22. The van der Waals surface area contributed by atoms with Crippen molar-refractivity contribution in [1.82, 2.24) is 4.90 Å². The zero-order valence-corrected chi connectivity index (χ0v) is 15.9. The van der Waals surface area contributed by atoms with Crippen LogP contribution in [0.15, 0.2) is 36.4 Å². The lowest BCUT2D eigenvalue weighted by Gasteiger charge is -2.23. The molecule has 8 heteroatoms. The van der Waals surface area contributed by atoms with E-state index in [1.807, 2.05) is 6.92 Å². The van der Waals surface area contributed by atoms with Crippen LogP contribution >= 0.6 is 0 Å². The molecule has 0 aromatic heterocycles. The van der Waals surface area contributed by atoms with Crippen molar-refractivity contribution >= 4 is 35.0 Å². The number of anilines is 2. The van der Waals surface area contributed by atoms with Gasteiger partial charge in [0.25, 0.3) is 17.7 Å². The van der Waals surface area contributed by atoms with Crippen LogP contribution in [0.1, 0.15) is 39.6 Å². The lowest BCUT2D eigenvalue weighted by molar-refractivity contribution is -0.122. The van der Waals surface area contributed by atoms with E-state index in [0.29, 0.717) is 28.3 Å². The molecular weight excluding hydrogens is 374 g/mol. The van der Waals surface area contributed by atoms with E-state index in [4.69, 9.17) is 4.74 Å². The molecule has 4 amide bonds. The van der Waals surface area contributed by atoms with Gasteiger partial charge in [0.2, 0.25) is 5.91 Å². The number of carbonyl (C=O) groups excluding carboxylic acids is 4. The van der Waals surface area contributed by atoms with Gasteiger partial charge in [-0.25, -0.2) is 0 Å². The van der Waals surface area contributed by atoms with Gasteiger partial charge in [-0.3, -0.25) is 24.1 Å². The third-order valence-corrected chi connectivity index (χ3v) is 4.88. The van der Waals surface area contributed by atoms with Crippen molar-refractivity contribution in [2.75, 3.05) is 17.2 Å². The third-order valence-electron chi connectivity index (χ3n) is 4.88. The van der Waals surface area contributed by atoms with E-state index in [0.717, 1.165) is 10.5 Å². The Morgan fingerprint density at radius 2 is 1.86 bits per heavy atom. The molecule has 2 aliphatic heterocycles. The number of imide groups is 1. The maximum absolute atomic E-state index is 12.5. The first kappa shape index (κ1) is 18.7. The monoisotopic (exact) mass is 393 g/mol. The third kappa shape index (κ3) is 3.44.